The van der Waals surface area contributed by atoms with Crippen LogP contribution >= 0.6 is 22.9 Å². The number of benzene rings is 2. The van der Waals surface area contributed by atoms with Gasteiger partial charge < -0.3 is 4.74 Å². The van der Waals surface area contributed by atoms with Crippen molar-refractivity contribution in [3.05, 3.63) is 52.5 Å². The molecule has 3 aromatic rings. The Hall–Kier alpha value is -2.04. The Bertz CT molecular complexity index is 1310. The second-order valence-corrected chi connectivity index (χ2v) is 12.1. The number of nitrogens with zero attached hydrogens (tertiary/aromatic N) is 3. The molecule has 2 saturated heterocycles. The molecule has 3 heterocycles. The number of hydrogen-bond donors (Lipinski definition) is 0. The van der Waals surface area contributed by atoms with Gasteiger partial charge in [0.1, 0.15) is 0 Å². The van der Waals surface area contributed by atoms with Crippen LogP contribution in [-0.2, 0) is 14.8 Å². The fraction of sp³-hybridized carbons (Fsp3) is 0.417. The molecule has 34 heavy (non-hydrogen) atoms. The van der Waals surface area contributed by atoms with Crippen molar-refractivity contribution in [3.8, 4) is 0 Å². The number of hydrogen-bond acceptors (Lipinski definition) is 6. The number of aromatic nitrogens is 1. The predicted octanol–water partition coefficient (Wildman–Crippen LogP) is 4.87. The van der Waals surface area contributed by atoms with Gasteiger partial charge in [-0.2, -0.15) is 4.31 Å². The van der Waals surface area contributed by atoms with Crippen molar-refractivity contribution in [2.45, 2.75) is 43.6 Å². The number of rotatable bonds is 6. The quantitative estimate of drug-likeness (QED) is 0.464. The lowest BCUT2D eigenvalue weighted by Crippen LogP contribution is -2.37. The minimum atomic E-state index is -3.53. The van der Waals surface area contributed by atoms with Crippen LogP contribution in [0.5, 0.6) is 0 Å². The van der Waals surface area contributed by atoms with Gasteiger partial charge in [0.15, 0.2) is 5.13 Å². The molecule has 0 radical (unpaired) electrons. The Labute approximate surface area is 208 Å². The summed E-state index contributed by atoms with van der Waals surface area (Å²) < 4.78 is 34.0. The summed E-state index contributed by atoms with van der Waals surface area (Å²) in [5, 5.41) is 1.21. The van der Waals surface area contributed by atoms with E-state index in [1.54, 1.807) is 17.0 Å². The minimum Gasteiger partial charge on any atom is -0.376 e. The first-order chi connectivity index (χ1) is 16.3. The highest BCUT2D eigenvalue weighted by atomic mass is 35.5. The van der Waals surface area contributed by atoms with Gasteiger partial charge in [-0.05, 0) is 74.6 Å². The van der Waals surface area contributed by atoms with Crippen LogP contribution in [0.4, 0.5) is 5.13 Å². The smallest absolute Gasteiger partial charge is 0.260 e. The molecule has 10 heteroatoms. The molecular formula is C24H26ClN3O4S2. The number of fused-ring (bicyclic) bond motifs is 1. The first-order valence-electron chi connectivity index (χ1n) is 11.4. The van der Waals surface area contributed by atoms with Crippen molar-refractivity contribution < 1.29 is 17.9 Å². The number of aryl methyl sites for hydroxylation is 1. The van der Waals surface area contributed by atoms with Crippen LogP contribution in [0.3, 0.4) is 0 Å². The maximum atomic E-state index is 13.6. The van der Waals surface area contributed by atoms with Gasteiger partial charge in [0.25, 0.3) is 5.91 Å². The van der Waals surface area contributed by atoms with Crippen molar-refractivity contribution >= 4 is 54.2 Å². The zero-order chi connectivity index (χ0) is 23.9. The Morgan fingerprint density at radius 2 is 1.91 bits per heavy atom. The normalized spacial score (nSPS) is 19.2. The van der Waals surface area contributed by atoms with Crippen molar-refractivity contribution in [2.24, 2.45) is 0 Å². The second-order valence-electron chi connectivity index (χ2n) is 8.70. The Balaban J connectivity index is 1.46. The van der Waals surface area contributed by atoms with Crippen molar-refractivity contribution in [2.75, 3.05) is 31.1 Å². The summed E-state index contributed by atoms with van der Waals surface area (Å²) in [6, 6.07) is 9.97. The fourth-order valence-electron chi connectivity index (χ4n) is 4.45. The van der Waals surface area contributed by atoms with E-state index in [1.807, 2.05) is 19.1 Å². The Morgan fingerprint density at radius 1 is 1.18 bits per heavy atom. The molecule has 0 N–H and O–H groups in total. The predicted molar refractivity (Wildman–Crippen MR) is 134 cm³/mol. The van der Waals surface area contributed by atoms with Crippen LogP contribution in [0.25, 0.3) is 10.2 Å². The van der Waals surface area contributed by atoms with Gasteiger partial charge in [0, 0.05) is 30.3 Å². The van der Waals surface area contributed by atoms with Crippen LogP contribution in [0.15, 0.2) is 41.3 Å². The highest BCUT2D eigenvalue weighted by molar-refractivity contribution is 7.89. The van der Waals surface area contributed by atoms with Crippen LogP contribution in [0.1, 0.15) is 41.6 Å². The maximum absolute atomic E-state index is 13.6. The summed E-state index contributed by atoms with van der Waals surface area (Å²) in [5.74, 6) is -0.233. The largest absolute Gasteiger partial charge is 0.376 e. The summed E-state index contributed by atoms with van der Waals surface area (Å²) in [6.07, 6.45) is 3.54. The molecule has 2 aliphatic rings. The van der Waals surface area contributed by atoms with Crippen molar-refractivity contribution in [1.29, 1.82) is 0 Å². The second kappa shape index (κ2) is 9.54. The fourth-order valence-corrected chi connectivity index (χ4v) is 7.15. The maximum Gasteiger partial charge on any atom is 0.260 e. The highest BCUT2D eigenvalue weighted by Crippen LogP contribution is 2.35. The summed E-state index contributed by atoms with van der Waals surface area (Å²) in [5.41, 5.74) is 2.07. The third kappa shape index (κ3) is 4.47. The number of thiazole rings is 1. The average Bonchev–Trinajstić information content (AvgIpc) is 3.61. The molecule has 0 spiro atoms. The number of anilines is 1. The highest BCUT2D eigenvalue weighted by Gasteiger charge is 2.29. The van der Waals surface area contributed by atoms with Crippen molar-refractivity contribution in [1.82, 2.24) is 9.29 Å². The lowest BCUT2D eigenvalue weighted by atomic mass is 10.2. The van der Waals surface area contributed by atoms with Crippen LogP contribution < -0.4 is 4.90 Å². The van der Waals surface area contributed by atoms with E-state index in [0.717, 1.165) is 41.5 Å². The van der Waals surface area contributed by atoms with Gasteiger partial charge in [-0.1, -0.05) is 22.9 Å². The molecule has 180 valence electrons. The molecule has 2 aliphatic heterocycles. The average molecular weight is 520 g/mol. The molecule has 2 aromatic carbocycles. The van der Waals surface area contributed by atoms with Gasteiger partial charge in [-0.25, -0.2) is 13.4 Å². The number of carbonyl (C=O) groups is 1. The third-order valence-corrected chi connectivity index (χ3v) is 9.79. The topological polar surface area (TPSA) is 79.8 Å². The monoisotopic (exact) mass is 519 g/mol. The summed E-state index contributed by atoms with van der Waals surface area (Å²) in [6.45, 7) is 4.07. The third-order valence-electron chi connectivity index (χ3n) is 6.43. The molecule has 1 unspecified atom stereocenters. The van der Waals surface area contributed by atoms with Crippen LogP contribution in [-0.4, -0.2) is 56.0 Å². The Kier molecular flexibility index (Phi) is 6.65. The van der Waals surface area contributed by atoms with E-state index in [9.17, 15) is 13.2 Å². The number of ether oxygens (including phenoxy) is 1. The summed E-state index contributed by atoms with van der Waals surface area (Å²) in [4.78, 5) is 20.2. The zero-order valence-corrected chi connectivity index (χ0v) is 21.3. The van der Waals surface area contributed by atoms with Gasteiger partial charge in [0.05, 0.1) is 27.8 Å². The molecule has 1 atom stereocenters. The van der Waals surface area contributed by atoms with Crippen LogP contribution in [0.2, 0.25) is 5.02 Å². The molecule has 7 nitrogen and oxygen atoms in total. The summed E-state index contributed by atoms with van der Waals surface area (Å²) in [7, 11) is -3.53. The van der Waals surface area contributed by atoms with E-state index in [0.29, 0.717) is 42.0 Å². The van der Waals surface area contributed by atoms with Gasteiger partial charge in [-0.3, -0.25) is 9.69 Å². The molecule has 0 aliphatic carbocycles. The molecule has 1 amide bonds. The number of carbonyl (C=O) groups excluding carboxylic acids is 1. The van der Waals surface area contributed by atoms with E-state index in [-0.39, 0.29) is 16.9 Å². The van der Waals surface area contributed by atoms with E-state index >= 15 is 0 Å². The molecule has 2 fully saturated rings. The van der Waals surface area contributed by atoms with Gasteiger partial charge in [-0.15, -0.1) is 0 Å². The molecule has 0 bridgehead atoms. The van der Waals surface area contributed by atoms with E-state index in [4.69, 9.17) is 21.3 Å². The first kappa shape index (κ1) is 23.7. The SMILES string of the molecule is Cc1c(Cl)ccc2sc(N(CC3CCCO3)C(=O)c3ccc(S(=O)(=O)N4CCCC4)cc3)nc12. The zero-order valence-electron chi connectivity index (χ0n) is 18.9. The first-order valence-corrected chi connectivity index (χ1v) is 14.1. The molecule has 5 rings (SSSR count). The van der Waals surface area contributed by atoms with Gasteiger partial charge >= 0.3 is 0 Å². The number of halogens is 1. The molecule has 1 aromatic heterocycles. The van der Waals surface area contributed by atoms with E-state index in [1.165, 1.54) is 27.8 Å². The van der Waals surface area contributed by atoms with E-state index < -0.39 is 10.0 Å². The van der Waals surface area contributed by atoms with Gasteiger partial charge in [0.2, 0.25) is 10.0 Å². The number of amides is 1. The lowest BCUT2D eigenvalue weighted by Gasteiger charge is -2.23. The summed E-state index contributed by atoms with van der Waals surface area (Å²) >= 11 is 7.72. The van der Waals surface area contributed by atoms with Crippen LogP contribution in [0, 0.1) is 6.92 Å². The minimum absolute atomic E-state index is 0.0598. The van der Waals surface area contributed by atoms with Crippen molar-refractivity contribution in [3.63, 3.8) is 0 Å². The lowest BCUT2D eigenvalue weighted by molar-refractivity contribution is 0.0917. The number of sulfonamides is 1. The Morgan fingerprint density at radius 3 is 2.59 bits per heavy atom. The standard InChI is InChI=1S/C24H26ClN3O4S2/c1-16-20(25)10-11-21-22(16)26-24(33-21)28(15-18-5-4-14-32-18)23(29)17-6-8-19(9-7-17)34(30,31)27-12-2-3-13-27/h6-11,18H,2-5,12-15H2,1H3. The van der Waals surface area contributed by atoms with E-state index in [2.05, 4.69) is 0 Å². The molecular weight excluding hydrogens is 494 g/mol. The molecule has 0 saturated carbocycles.